The lowest BCUT2D eigenvalue weighted by Crippen LogP contribution is -2.11. The number of halogens is 2. The van der Waals surface area contributed by atoms with Crippen LogP contribution in [0.4, 0.5) is 8.78 Å². The Balaban J connectivity index is 2.10. The minimum Gasteiger partial charge on any atom is -0.490 e. The molecule has 16 heavy (non-hydrogen) atoms. The zero-order valence-corrected chi connectivity index (χ0v) is 8.11. The predicted molar refractivity (Wildman–Crippen MR) is 49.2 cm³/mol. The Morgan fingerprint density at radius 2 is 2.06 bits per heavy atom. The number of ether oxygens (including phenoxy) is 1. The van der Waals surface area contributed by atoms with E-state index in [1.54, 1.807) is 0 Å². The second-order valence-electron chi connectivity index (χ2n) is 4.14. The average molecular weight is 226 g/mol. The van der Waals surface area contributed by atoms with Crippen LogP contribution in [0.2, 0.25) is 0 Å². The molecule has 1 fully saturated rings. The van der Waals surface area contributed by atoms with Gasteiger partial charge in [0.25, 0.3) is 0 Å². The molecular formula is C11H8F2O3. The van der Waals surface area contributed by atoms with Crippen molar-refractivity contribution in [2.75, 3.05) is 6.61 Å². The van der Waals surface area contributed by atoms with Gasteiger partial charge in [-0.3, -0.25) is 4.79 Å². The molecule has 0 radical (unpaired) electrons. The highest BCUT2D eigenvalue weighted by molar-refractivity contribution is 5.77. The van der Waals surface area contributed by atoms with Crippen molar-refractivity contribution >= 4 is 5.97 Å². The fourth-order valence-corrected chi connectivity index (χ4v) is 2.50. The number of fused-ring (bicyclic) bond motifs is 3. The van der Waals surface area contributed by atoms with Crippen LogP contribution in [0, 0.1) is 23.5 Å². The van der Waals surface area contributed by atoms with Crippen LogP contribution < -0.4 is 4.74 Å². The second-order valence-corrected chi connectivity index (χ2v) is 4.14. The lowest BCUT2D eigenvalue weighted by atomic mass is 10.0. The molecule has 1 saturated carbocycles. The summed E-state index contributed by atoms with van der Waals surface area (Å²) in [6, 6.07) is 2.00. The van der Waals surface area contributed by atoms with Gasteiger partial charge in [-0.15, -0.1) is 0 Å². The first-order chi connectivity index (χ1) is 7.61. The summed E-state index contributed by atoms with van der Waals surface area (Å²) >= 11 is 0. The Morgan fingerprint density at radius 3 is 2.75 bits per heavy atom. The lowest BCUT2D eigenvalue weighted by molar-refractivity contribution is -0.139. The van der Waals surface area contributed by atoms with Gasteiger partial charge >= 0.3 is 5.97 Å². The van der Waals surface area contributed by atoms with Gasteiger partial charge in [0.05, 0.1) is 12.5 Å². The molecule has 2 aliphatic rings. The van der Waals surface area contributed by atoms with Crippen molar-refractivity contribution in [3.63, 3.8) is 0 Å². The van der Waals surface area contributed by atoms with Crippen LogP contribution in [-0.4, -0.2) is 17.7 Å². The number of aliphatic carboxylic acids is 1. The SMILES string of the molecule is O=C(O)C1[C@H]2COc3c(F)ccc(F)c3[C@@H]12. The maximum atomic E-state index is 13.5. The van der Waals surface area contributed by atoms with Gasteiger partial charge in [-0.2, -0.15) is 0 Å². The van der Waals surface area contributed by atoms with Gasteiger partial charge in [0, 0.05) is 17.4 Å². The fraction of sp³-hybridized carbons (Fsp3) is 0.364. The van der Waals surface area contributed by atoms with Crippen molar-refractivity contribution in [1.29, 1.82) is 0 Å². The molecule has 0 saturated heterocycles. The molecule has 1 aliphatic carbocycles. The molecule has 3 atom stereocenters. The summed E-state index contributed by atoms with van der Waals surface area (Å²) in [4.78, 5) is 10.9. The van der Waals surface area contributed by atoms with Crippen LogP contribution in [0.5, 0.6) is 5.75 Å². The lowest BCUT2D eigenvalue weighted by Gasteiger charge is -2.17. The van der Waals surface area contributed by atoms with Crippen LogP contribution in [0.25, 0.3) is 0 Å². The highest BCUT2D eigenvalue weighted by Crippen LogP contribution is 2.60. The summed E-state index contributed by atoms with van der Waals surface area (Å²) in [5, 5.41) is 8.90. The minimum atomic E-state index is -0.977. The Labute approximate surface area is 89.6 Å². The van der Waals surface area contributed by atoms with Gasteiger partial charge in [0.2, 0.25) is 0 Å². The molecule has 0 aromatic heterocycles. The number of carboxylic acids is 1. The van der Waals surface area contributed by atoms with Crippen LogP contribution in [-0.2, 0) is 4.79 Å². The first kappa shape index (κ1) is 9.57. The molecule has 0 bridgehead atoms. The maximum absolute atomic E-state index is 13.5. The molecule has 1 N–H and O–H groups in total. The van der Waals surface area contributed by atoms with E-state index in [0.717, 1.165) is 12.1 Å². The van der Waals surface area contributed by atoms with E-state index < -0.39 is 29.4 Å². The van der Waals surface area contributed by atoms with E-state index in [1.807, 2.05) is 0 Å². The predicted octanol–water partition coefficient (Wildman–Crippen LogP) is 1.77. The largest absolute Gasteiger partial charge is 0.490 e. The van der Waals surface area contributed by atoms with Crippen LogP contribution in [0.1, 0.15) is 11.5 Å². The fourth-order valence-electron chi connectivity index (χ4n) is 2.50. The summed E-state index contributed by atoms with van der Waals surface area (Å²) in [5.41, 5.74) is 0.0867. The van der Waals surface area contributed by atoms with E-state index >= 15 is 0 Å². The van der Waals surface area contributed by atoms with E-state index in [9.17, 15) is 13.6 Å². The number of hydrogen-bond acceptors (Lipinski definition) is 2. The maximum Gasteiger partial charge on any atom is 0.307 e. The third-order valence-corrected chi connectivity index (χ3v) is 3.30. The zero-order valence-electron chi connectivity index (χ0n) is 8.11. The Bertz CT molecular complexity index is 486. The van der Waals surface area contributed by atoms with Crippen molar-refractivity contribution in [2.45, 2.75) is 5.92 Å². The van der Waals surface area contributed by atoms with E-state index in [4.69, 9.17) is 9.84 Å². The number of rotatable bonds is 1. The third-order valence-electron chi connectivity index (χ3n) is 3.30. The normalized spacial score (nSPS) is 30.0. The summed E-state index contributed by atoms with van der Waals surface area (Å²) in [5.74, 6) is -3.61. The molecule has 5 heteroatoms. The molecule has 1 unspecified atom stereocenters. The Morgan fingerprint density at radius 1 is 1.38 bits per heavy atom. The first-order valence-electron chi connectivity index (χ1n) is 4.94. The monoisotopic (exact) mass is 226 g/mol. The van der Waals surface area contributed by atoms with Crippen LogP contribution in [0.15, 0.2) is 12.1 Å². The van der Waals surface area contributed by atoms with Gasteiger partial charge < -0.3 is 9.84 Å². The van der Waals surface area contributed by atoms with Gasteiger partial charge in [-0.1, -0.05) is 0 Å². The average Bonchev–Trinajstić information content (AvgIpc) is 2.97. The van der Waals surface area contributed by atoms with Crippen molar-refractivity contribution < 1.29 is 23.4 Å². The molecule has 3 rings (SSSR count). The molecule has 3 nitrogen and oxygen atoms in total. The van der Waals surface area contributed by atoms with Crippen LogP contribution >= 0.6 is 0 Å². The number of benzene rings is 1. The highest BCUT2D eigenvalue weighted by Gasteiger charge is 2.60. The topological polar surface area (TPSA) is 46.5 Å². The molecule has 1 aliphatic heterocycles. The Hall–Kier alpha value is -1.65. The molecule has 84 valence electrons. The third kappa shape index (κ3) is 1.08. The summed E-state index contributed by atoms with van der Waals surface area (Å²) in [6.07, 6.45) is 0. The van der Waals surface area contributed by atoms with Crippen molar-refractivity contribution in [2.24, 2.45) is 11.8 Å². The highest BCUT2D eigenvalue weighted by atomic mass is 19.1. The molecule has 1 heterocycles. The van der Waals surface area contributed by atoms with Gasteiger partial charge in [0.1, 0.15) is 5.82 Å². The number of carbonyl (C=O) groups is 1. The molecule has 1 aromatic rings. The van der Waals surface area contributed by atoms with Crippen molar-refractivity contribution in [3.05, 3.63) is 29.3 Å². The summed E-state index contributed by atoms with van der Waals surface area (Å²) in [6.45, 7) is 0.148. The minimum absolute atomic E-state index is 0.0867. The smallest absolute Gasteiger partial charge is 0.307 e. The summed E-state index contributed by atoms with van der Waals surface area (Å²) in [7, 11) is 0. The van der Waals surface area contributed by atoms with Gasteiger partial charge in [0.15, 0.2) is 11.6 Å². The molecule has 0 amide bonds. The molecular weight excluding hydrogens is 218 g/mol. The Kier molecular flexibility index (Phi) is 1.75. The quantitative estimate of drug-likeness (QED) is 0.793. The molecule has 1 aromatic carbocycles. The first-order valence-corrected chi connectivity index (χ1v) is 4.94. The summed E-state index contributed by atoms with van der Waals surface area (Å²) < 4.78 is 31.9. The second kappa shape index (κ2) is 2.93. The zero-order chi connectivity index (χ0) is 11.4. The number of hydrogen-bond donors (Lipinski definition) is 1. The van der Waals surface area contributed by atoms with E-state index in [-0.39, 0.29) is 23.8 Å². The van der Waals surface area contributed by atoms with Crippen LogP contribution in [0.3, 0.4) is 0 Å². The van der Waals surface area contributed by atoms with Gasteiger partial charge in [-0.05, 0) is 12.1 Å². The standard InChI is InChI=1S/C11H8F2O3/c12-5-1-2-6(13)10-9(5)7-4(3-16-10)8(7)11(14)15/h1-2,4,7-8H,3H2,(H,14,15)/t4-,7+,8?/m0/s1. The van der Waals surface area contributed by atoms with E-state index in [2.05, 4.69) is 0 Å². The number of carboxylic acid groups (broad SMARTS) is 1. The van der Waals surface area contributed by atoms with Crippen molar-refractivity contribution in [3.8, 4) is 5.75 Å². The van der Waals surface area contributed by atoms with E-state index in [1.165, 1.54) is 0 Å². The van der Waals surface area contributed by atoms with Crippen molar-refractivity contribution in [1.82, 2.24) is 0 Å². The molecule has 0 spiro atoms. The van der Waals surface area contributed by atoms with E-state index in [0.29, 0.717) is 0 Å². The van der Waals surface area contributed by atoms with Gasteiger partial charge in [-0.25, -0.2) is 8.78 Å².